The van der Waals surface area contributed by atoms with E-state index in [9.17, 15) is 10.1 Å². The maximum atomic E-state index is 10.7. The highest BCUT2D eigenvalue weighted by molar-refractivity contribution is 5.80. The first kappa shape index (κ1) is 11.9. The Morgan fingerprint density at radius 3 is 2.83 bits per heavy atom. The van der Waals surface area contributed by atoms with Crippen LogP contribution in [0.2, 0.25) is 0 Å². The number of aryl methyl sites for hydroxylation is 1. The molecule has 18 heavy (non-hydrogen) atoms. The number of hydrogen-bond acceptors (Lipinski definition) is 4. The summed E-state index contributed by atoms with van der Waals surface area (Å²) < 4.78 is 0. The van der Waals surface area contributed by atoms with Gasteiger partial charge in [0.05, 0.1) is 22.5 Å². The lowest BCUT2D eigenvalue weighted by Gasteiger charge is -1.99. The molecule has 1 heterocycles. The first-order valence-electron chi connectivity index (χ1n) is 5.37. The van der Waals surface area contributed by atoms with Crippen LogP contribution in [0.15, 0.2) is 47.6 Å². The molecule has 0 aliphatic carbocycles. The quantitative estimate of drug-likeness (QED) is 0.471. The van der Waals surface area contributed by atoms with Crippen molar-refractivity contribution in [1.29, 1.82) is 0 Å². The van der Waals surface area contributed by atoms with Gasteiger partial charge in [-0.05, 0) is 24.6 Å². The topological polar surface area (TPSA) is 68.4 Å². The maximum absolute atomic E-state index is 10.7. The number of rotatable bonds is 3. The zero-order chi connectivity index (χ0) is 13.0. The molecule has 0 saturated carbocycles. The van der Waals surface area contributed by atoms with Crippen LogP contribution in [0.3, 0.4) is 0 Å². The molecule has 0 bridgehead atoms. The van der Waals surface area contributed by atoms with Gasteiger partial charge in [0.15, 0.2) is 0 Å². The van der Waals surface area contributed by atoms with Crippen molar-refractivity contribution in [3.63, 3.8) is 0 Å². The van der Waals surface area contributed by atoms with Gasteiger partial charge >= 0.3 is 0 Å². The molecule has 0 amide bonds. The summed E-state index contributed by atoms with van der Waals surface area (Å²) in [5, 5.41) is 10.7. The van der Waals surface area contributed by atoms with Crippen molar-refractivity contribution in [2.24, 2.45) is 4.99 Å². The molecular weight excluding hydrogens is 230 g/mol. The Labute approximate surface area is 104 Å². The number of benzene rings is 1. The minimum atomic E-state index is -0.431. The van der Waals surface area contributed by atoms with E-state index < -0.39 is 4.92 Å². The summed E-state index contributed by atoms with van der Waals surface area (Å²) in [7, 11) is 0. The Morgan fingerprint density at radius 2 is 2.17 bits per heavy atom. The van der Waals surface area contributed by atoms with Crippen LogP contribution in [0.1, 0.15) is 11.3 Å². The lowest BCUT2D eigenvalue weighted by Crippen LogP contribution is -1.89. The predicted octanol–water partition coefficient (Wildman–Crippen LogP) is 3.05. The molecule has 0 spiro atoms. The normalized spacial score (nSPS) is 10.7. The number of non-ortho nitro benzene ring substituents is 1. The largest absolute Gasteiger partial charge is 0.271 e. The van der Waals surface area contributed by atoms with Gasteiger partial charge in [0.25, 0.3) is 5.69 Å². The minimum absolute atomic E-state index is 0.0359. The number of aliphatic imine (C=N–C) groups is 1. The summed E-state index contributed by atoms with van der Waals surface area (Å²) in [6.45, 7) is 1.86. The van der Waals surface area contributed by atoms with Crippen LogP contribution in [0.5, 0.6) is 0 Å². The number of nitro benzene ring substituents is 1. The van der Waals surface area contributed by atoms with Crippen LogP contribution in [-0.4, -0.2) is 16.1 Å². The van der Waals surface area contributed by atoms with E-state index in [-0.39, 0.29) is 5.69 Å². The fourth-order valence-electron chi connectivity index (χ4n) is 1.44. The third kappa shape index (κ3) is 2.76. The Kier molecular flexibility index (Phi) is 3.43. The van der Waals surface area contributed by atoms with E-state index in [0.717, 1.165) is 5.56 Å². The van der Waals surface area contributed by atoms with E-state index >= 15 is 0 Å². The Balaban J connectivity index is 2.31. The Hall–Kier alpha value is -2.56. The van der Waals surface area contributed by atoms with Gasteiger partial charge in [-0.3, -0.25) is 20.1 Å². The van der Waals surface area contributed by atoms with E-state index in [1.807, 2.05) is 25.1 Å². The second-order valence-electron chi connectivity index (χ2n) is 3.74. The highest BCUT2D eigenvalue weighted by Gasteiger charge is 2.07. The van der Waals surface area contributed by atoms with Crippen molar-refractivity contribution in [3.8, 4) is 0 Å². The average Bonchev–Trinajstić information content (AvgIpc) is 2.38. The fraction of sp³-hybridized carbons (Fsp3) is 0.0769. The van der Waals surface area contributed by atoms with Crippen LogP contribution in [0, 0.1) is 17.0 Å². The van der Waals surface area contributed by atoms with Crippen molar-refractivity contribution in [1.82, 2.24) is 4.98 Å². The van der Waals surface area contributed by atoms with Crippen LogP contribution in [0.4, 0.5) is 11.4 Å². The number of aromatic nitrogens is 1. The second-order valence-corrected chi connectivity index (χ2v) is 3.74. The maximum Gasteiger partial charge on any atom is 0.271 e. The van der Waals surface area contributed by atoms with Gasteiger partial charge in [-0.15, -0.1) is 0 Å². The molecule has 0 atom stereocenters. The third-order valence-electron chi connectivity index (χ3n) is 2.43. The average molecular weight is 241 g/mol. The molecule has 0 saturated heterocycles. The summed E-state index contributed by atoms with van der Waals surface area (Å²) in [6, 6.07) is 10.1. The van der Waals surface area contributed by atoms with E-state index in [0.29, 0.717) is 11.4 Å². The highest BCUT2D eigenvalue weighted by Crippen LogP contribution is 2.24. The van der Waals surface area contributed by atoms with Crippen LogP contribution in [0.25, 0.3) is 0 Å². The van der Waals surface area contributed by atoms with Crippen LogP contribution >= 0.6 is 0 Å². The van der Waals surface area contributed by atoms with Crippen molar-refractivity contribution in [2.75, 3.05) is 0 Å². The summed E-state index contributed by atoms with van der Waals surface area (Å²) in [5.74, 6) is 0. The summed E-state index contributed by atoms with van der Waals surface area (Å²) >= 11 is 0. The van der Waals surface area contributed by atoms with E-state index in [1.165, 1.54) is 12.1 Å². The van der Waals surface area contributed by atoms with E-state index in [1.54, 1.807) is 18.5 Å². The molecular formula is C13H11N3O2. The minimum Gasteiger partial charge on any atom is -0.258 e. The zero-order valence-corrected chi connectivity index (χ0v) is 9.78. The van der Waals surface area contributed by atoms with Gasteiger partial charge < -0.3 is 0 Å². The summed E-state index contributed by atoms with van der Waals surface area (Å²) in [5.41, 5.74) is 2.21. The lowest BCUT2D eigenvalue weighted by atomic mass is 10.2. The molecule has 0 radical (unpaired) electrons. The van der Waals surface area contributed by atoms with Crippen molar-refractivity contribution in [2.45, 2.75) is 6.92 Å². The van der Waals surface area contributed by atoms with Gasteiger partial charge in [0, 0.05) is 18.3 Å². The van der Waals surface area contributed by atoms with Gasteiger partial charge in [-0.25, -0.2) is 0 Å². The molecule has 90 valence electrons. The molecule has 0 fully saturated rings. The number of pyridine rings is 1. The van der Waals surface area contributed by atoms with Crippen molar-refractivity contribution < 1.29 is 4.92 Å². The first-order chi connectivity index (χ1) is 8.66. The SMILES string of the molecule is Cc1ccc([N+](=O)[O-])cc1N=Cc1ccccn1. The smallest absolute Gasteiger partial charge is 0.258 e. The van der Waals surface area contributed by atoms with Crippen LogP contribution in [-0.2, 0) is 0 Å². The van der Waals surface area contributed by atoms with Gasteiger partial charge in [0.2, 0.25) is 0 Å². The molecule has 2 rings (SSSR count). The molecule has 0 aliphatic heterocycles. The summed E-state index contributed by atoms with van der Waals surface area (Å²) in [4.78, 5) is 18.6. The van der Waals surface area contributed by atoms with Gasteiger partial charge in [-0.2, -0.15) is 0 Å². The Morgan fingerprint density at radius 1 is 1.33 bits per heavy atom. The van der Waals surface area contributed by atoms with Crippen molar-refractivity contribution in [3.05, 3.63) is 64.0 Å². The van der Waals surface area contributed by atoms with Crippen molar-refractivity contribution >= 4 is 17.6 Å². The summed E-state index contributed by atoms with van der Waals surface area (Å²) in [6.07, 6.45) is 3.26. The second kappa shape index (κ2) is 5.18. The Bertz CT molecular complexity index is 594. The first-order valence-corrected chi connectivity index (χ1v) is 5.37. The van der Waals surface area contributed by atoms with Gasteiger partial charge in [-0.1, -0.05) is 12.1 Å². The van der Waals surface area contributed by atoms with Crippen LogP contribution < -0.4 is 0 Å². The lowest BCUT2D eigenvalue weighted by molar-refractivity contribution is -0.384. The number of nitrogens with zero attached hydrogens (tertiary/aromatic N) is 3. The number of hydrogen-bond donors (Lipinski definition) is 0. The third-order valence-corrected chi connectivity index (χ3v) is 2.43. The monoisotopic (exact) mass is 241 g/mol. The molecule has 5 heteroatoms. The fourth-order valence-corrected chi connectivity index (χ4v) is 1.44. The molecule has 1 aromatic carbocycles. The predicted molar refractivity (Wildman–Crippen MR) is 69.3 cm³/mol. The molecule has 5 nitrogen and oxygen atoms in total. The molecule has 0 N–H and O–H groups in total. The molecule has 0 unspecified atom stereocenters. The zero-order valence-electron chi connectivity index (χ0n) is 9.78. The standard InChI is InChI=1S/C13H11N3O2/c1-10-5-6-12(16(17)18)8-13(10)15-9-11-4-2-3-7-14-11/h2-9H,1H3. The van der Waals surface area contributed by atoms with E-state index in [4.69, 9.17) is 0 Å². The molecule has 1 aromatic heterocycles. The number of nitro groups is 1. The van der Waals surface area contributed by atoms with E-state index in [2.05, 4.69) is 9.98 Å². The molecule has 2 aromatic rings. The molecule has 0 aliphatic rings. The highest BCUT2D eigenvalue weighted by atomic mass is 16.6. The van der Waals surface area contributed by atoms with Gasteiger partial charge in [0.1, 0.15) is 0 Å².